The molecule has 0 unspecified atom stereocenters. The molecular formula is C22H16N4OS. The molecule has 0 atom stereocenters. The normalized spacial score (nSPS) is 11.1. The molecule has 0 bridgehead atoms. The topological polar surface area (TPSA) is 50.5 Å². The third-order valence-corrected chi connectivity index (χ3v) is 5.50. The quantitative estimate of drug-likeness (QED) is 0.448. The molecule has 0 fully saturated rings. The van der Waals surface area contributed by atoms with E-state index >= 15 is 0 Å². The molecule has 5 rings (SSSR count). The van der Waals surface area contributed by atoms with Gasteiger partial charge in [-0.1, -0.05) is 24.3 Å². The highest BCUT2D eigenvalue weighted by Crippen LogP contribution is 2.24. The Labute approximate surface area is 165 Å². The smallest absolute Gasteiger partial charge is 0.258 e. The molecule has 136 valence electrons. The van der Waals surface area contributed by atoms with Gasteiger partial charge in [0.25, 0.3) is 5.91 Å². The Kier molecular flexibility index (Phi) is 4.10. The molecule has 0 aliphatic heterocycles. The number of imidazole rings is 1. The van der Waals surface area contributed by atoms with Crippen molar-refractivity contribution in [1.82, 2.24) is 14.4 Å². The van der Waals surface area contributed by atoms with E-state index < -0.39 is 0 Å². The lowest BCUT2D eigenvalue weighted by Crippen LogP contribution is -2.30. The number of hydrogen-bond donors (Lipinski definition) is 0. The number of pyridine rings is 1. The number of amides is 1. The minimum atomic E-state index is -0.0487. The van der Waals surface area contributed by atoms with Gasteiger partial charge in [0.05, 0.1) is 34.2 Å². The summed E-state index contributed by atoms with van der Waals surface area (Å²) in [5.41, 5.74) is 6.02. The van der Waals surface area contributed by atoms with Gasteiger partial charge >= 0.3 is 0 Å². The summed E-state index contributed by atoms with van der Waals surface area (Å²) in [7, 11) is 0. The number of aromatic nitrogens is 3. The van der Waals surface area contributed by atoms with Gasteiger partial charge in [-0.05, 0) is 42.5 Å². The van der Waals surface area contributed by atoms with Crippen molar-refractivity contribution in [3.8, 4) is 0 Å². The SMILES string of the molecule is O=C(c1ccc2ncsc2c1)N(Cc1cnc2ccccn12)c1ccccc1. The highest BCUT2D eigenvalue weighted by atomic mass is 32.1. The maximum Gasteiger partial charge on any atom is 0.258 e. The first-order valence-electron chi connectivity index (χ1n) is 8.91. The number of carbonyl (C=O) groups excluding carboxylic acids is 1. The van der Waals surface area contributed by atoms with Gasteiger partial charge in [-0.2, -0.15) is 0 Å². The third kappa shape index (κ3) is 2.93. The fourth-order valence-corrected chi connectivity index (χ4v) is 4.01. The number of hydrogen-bond acceptors (Lipinski definition) is 4. The molecule has 1 amide bonds. The monoisotopic (exact) mass is 384 g/mol. The van der Waals surface area contributed by atoms with Gasteiger partial charge < -0.3 is 9.30 Å². The molecule has 0 spiro atoms. The Morgan fingerprint density at radius 3 is 2.75 bits per heavy atom. The summed E-state index contributed by atoms with van der Waals surface area (Å²) in [5, 5.41) is 0. The first-order valence-corrected chi connectivity index (χ1v) is 9.79. The van der Waals surface area contributed by atoms with Crippen LogP contribution in [0.3, 0.4) is 0 Å². The summed E-state index contributed by atoms with van der Waals surface area (Å²) in [5.74, 6) is -0.0487. The predicted octanol–water partition coefficient (Wildman–Crippen LogP) is 4.79. The van der Waals surface area contributed by atoms with Gasteiger partial charge in [0, 0.05) is 17.4 Å². The maximum atomic E-state index is 13.5. The van der Waals surface area contributed by atoms with Crippen molar-refractivity contribution < 1.29 is 4.79 Å². The van der Waals surface area contributed by atoms with Crippen LogP contribution in [0.1, 0.15) is 16.1 Å². The van der Waals surface area contributed by atoms with E-state index in [1.54, 1.807) is 10.4 Å². The third-order valence-electron chi connectivity index (χ3n) is 4.70. The minimum Gasteiger partial charge on any atom is -0.302 e. The van der Waals surface area contributed by atoms with Crippen molar-refractivity contribution >= 4 is 38.8 Å². The van der Waals surface area contributed by atoms with Gasteiger partial charge in [0.1, 0.15) is 5.65 Å². The second-order valence-electron chi connectivity index (χ2n) is 6.44. The molecule has 0 radical (unpaired) electrons. The van der Waals surface area contributed by atoms with Crippen molar-refractivity contribution in [1.29, 1.82) is 0 Å². The molecule has 0 saturated carbocycles. The van der Waals surface area contributed by atoms with E-state index in [0.717, 1.165) is 27.2 Å². The van der Waals surface area contributed by atoms with Crippen molar-refractivity contribution in [2.24, 2.45) is 0 Å². The van der Waals surface area contributed by atoms with E-state index in [0.29, 0.717) is 12.1 Å². The molecule has 3 aromatic heterocycles. The van der Waals surface area contributed by atoms with Crippen molar-refractivity contribution in [3.05, 3.63) is 95.9 Å². The van der Waals surface area contributed by atoms with Crippen LogP contribution in [0.4, 0.5) is 5.69 Å². The van der Waals surface area contributed by atoms with Crippen LogP contribution in [0.2, 0.25) is 0 Å². The number of thiazole rings is 1. The standard InChI is InChI=1S/C22H16N4OS/c27-22(16-9-10-19-20(12-16)28-15-24-19)26(17-6-2-1-3-7-17)14-18-13-23-21-8-4-5-11-25(18)21/h1-13,15H,14H2. The molecule has 0 aliphatic carbocycles. The molecule has 0 N–H and O–H groups in total. The summed E-state index contributed by atoms with van der Waals surface area (Å²) in [6, 6.07) is 21.3. The molecule has 0 saturated heterocycles. The molecule has 2 aromatic carbocycles. The van der Waals surface area contributed by atoms with Crippen LogP contribution in [0.25, 0.3) is 15.9 Å². The number of fused-ring (bicyclic) bond motifs is 2. The predicted molar refractivity (Wildman–Crippen MR) is 112 cm³/mol. The van der Waals surface area contributed by atoms with Crippen molar-refractivity contribution in [2.75, 3.05) is 4.90 Å². The maximum absolute atomic E-state index is 13.5. The summed E-state index contributed by atoms with van der Waals surface area (Å²) >= 11 is 1.54. The van der Waals surface area contributed by atoms with Crippen LogP contribution < -0.4 is 4.90 Å². The lowest BCUT2D eigenvalue weighted by Gasteiger charge is -2.23. The first kappa shape index (κ1) is 16.6. The van der Waals surface area contributed by atoms with Crippen LogP contribution in [-0.4, -0.2) is 20.3 Å². The number of benzene rings is 2. The first-order chi connectivity index (χ1) is 13.8. The Hall–Kier alpha value is -3.51. The van der Waals surface area contributed by atoms with E-state index in [1.165, 1.54) is 11.3 Å². The molecule has 5 nitrogen and oxygen atoms in total. The Balaban J connectivity index is 1.57. The number of anilines is 1. The van der Waals surface area contributed by atoms with Crippen molar-refractivity contribution in [3.63, 3.8) is 0 Å². The summed E-state index contributed by atoms with van der Waals surface area (Å²) < 4.78 is 3.02. The molecule has 0 aliphatic rings. The zero-order valence-electron chi connectivity index (χ0n) is 14.9. The lowest BCUT2D eigenvalue weighted by molar-refractivity contribution is 0.0985. The average molecular weight is 384 g/mol. The zero-order chi connectivity index (χ0) is 18.9. The van der Waals surface area contributed by atoms with Gasteiger partial charge in [-0.25, -0.2) is 9.97 Å². The number of para-hydroxylation sites is 1. The van der Waals surface area contributed by atoms with Crippen LogP contribution >= 0.6 is 11.3 Å². The Bertz CT molecular complexity index is 1280. The van der Waals surface area contributed by atoms with Crippen LogP contribution in [-0.2, 0) is 6.54 Å². The number of rotatable bonds is 4. The van der Waals surface area contributed by atoms with Gasteiger partial charge in [0.2, 0.25) is 0 Å². The van der Waals surface area contributed by atoms with Crippen LogP contribution in [0.5, 0.6) is 0 Å². The fraction of sp³-hybridized carbons (Fsp3) is 0.0455. The number of nitrogens with zero attached hydrogens (tertiary/aromatic N) is 4. The fourth-order valence-electron chi connectivity index (χ4n) is 3.30. The van der Waals surface area contributed by atoms with Crippen LogP contribution in [0.15, 0.2) is 84.6 Å². The second-order valence-corrected chi connectivity index (χ2v) is 7.33. The molecule has 6 heteroatoms. The molecule has 28 heavy (non-hydrogen) atoms. The van der Waals surface area contributed by atoms with E-state index in [-0.39, 0.29) is 5.91 Å². The van der Waals surface area contributed by atoms with E-state index in [2.05, 4.69) is 9.97 Å². The largest absolute Gasteiger partial charge is 0.302 e. The second kappa shape index (κ2) is 6.90. The van der Waals surface area contributed by atoms with E-state index in [9.17, 15) is 4.79 Å². The highest BCUT2D eigenvalue weighted by Gasteiger charge is 2.20. The number of carbonyl (C=O) groups is 1. The van der Waals surface area contributed by atoms with Crippen LogP contribution in [0, 0.1) is 0 Å². The highest BCUT2D eigenvalue weighted by molar-refractivity contribution is 7.16. The summed E-state index contributed by atoms with van der Waals surface area (Å²) in [4.78, 5) is 24.0. The van der Waals surface area contributed by atoms with E-state index in [4.69, 9.17) is 0 Å². The van der Waals surface area contributed by atoms with Gasteiger partial charge in [-0.3, -0.25) is 4.79 Å². The zero-order valence-corrected chi connectivity index (χ0v) is 15.7. The Morgan fingerprint density at radius 2 is 1.86 bits per heavy atom. The summed E-state index contributed by atoms with van der Waals surface area (Å²) in [6.07, 6.45) is 3.79. The van der Waals surface area contributed by atoms with Crippen molar-refractivity contribution in [2.45, 2.75) is 6.54 Å². The van der Waals surface area contributed by atoms with Gasteiger partial charge in [-0.15, -0.1) is 11.3 Å². The minimum absolute atomic E-state index is 0.0487. The Morgan fingerprint density at radius 1 is 1.00 bits per heavy atom. The average Bonchev–Trinajstić information content (AvgIpc) is 3.38. The molecular weight excluding hydrogens is 368 g/mol. The summed E-state index contributed by atoms with van der Waals surface area (Å²) in [6.45, 7) is 0.425. The lowest BCUT2D eigenvalue weighted by atomic mass is 10.1. The molecule has 3 heterocycles. The van der Waals surface area contributed by atoms with Gasteiger partial charge in [0.15, 0.2) is 0 Å². The van der Waals surface area contributed by atoms with E-state index in [1.807, 2.05) is 83.5 Å². The molecule has 5 aromatic rings.